The second-order valence-electron chi connectivity index (χ2n) is 10.3. The SMILES string of the molecule is N#CCN(C(=O)NCc1ccccc1)N1CCN(Cc2cccc3sc(N)nc23)C(=O)[C@H](Cc2ccc(O)cc2)NC(=O)C1. The number of phenols is 1. The summed E-state index contributed by atoms with van der Waals surface area (Å²) < 4.78 is 0.891. The van der Waals surface area contributed by atoms with Crippen LogP contribution in [0.15, 0.2) is 72.8 Å². The molecule has 1 saturated heterocycles. The summed E-state index contributed by atoms with van der Waals surface area (Å²) in [6, 6.07) is 22.0. The number of aromatic nitrogens is 1. The minimum atomic E-state index is -0.914. The molecule has 1 aliphatic heterocycles. The number of nitrogens with one attached hydrogen (secondary N) is 2. The number of hydrogen-bond acceptors (Lipinski definition) is 9. The van der Waals surface area contributed by atoms with Gasteiger partial charge in [0.1, 0.15) is 18.3 Å². The molecule has 4 amide bonds. The zero-order chi connectivity index (χ0) is 31.1. The molecular weight excluding hydrogens is 580 g/mol. The number of nitrogens with two attached hydrogens (primary N) is 1. The molecule has 0 unspecified atom stereocenters. The number of nitrogen functional groups attached to an aromatic ring is 1. The molecule has 1 aliphatic rings. The van der Waals surface area contributed by atoms with Crippen LogP contribution < -0.4 is 16.4 Å². The number of rotatable bonds is 8. The monoisotopic (exact) mass is 612 g/mol. The van der Waals surface area contributed by atoms with E-state index in [0.717, 1.165) is 21.4 Å². The van der Waals surface area contributed by atoms with Gasteiger partial charge in [-0.2, -0.15) is 5.26 Å². The van der Waals surface area contributed by atoms with Crippen molar-refractivity contribution in [2.24, 2.45) is 0 Å². The fourth-order valence-corrected chi connectivity index (χ4v) is 5.85. The summed E-state index contributed by atoms with van der Waals surface area (Å²) in [6.07, 6.45) is 0.189. The normalized spacial score (nSPS) is 16.0. The van der Waals surface area contributed by atoms with Crippen LogP contribution in [0.25, 0.3) is 10.2 Å². The largest absolute Gasteiger partial charge is 0.508 e. The number of para-hydroxylation sites is 1. The lowest BCUT2D eigenvalue weighted by atomic mass is 10.0. The van der Waals surface area contributed by atoms with Gasteiger partial charge in [0, 0.05) is 32.6 Å². The van der Waals surface area contributed by atoms with Gasteiger partial charge in [0.2, 0.25) is 11.8 Å². The maximum absolute atomic E-state index is 14.1. The van der Waals surface area contributed by atoms with Gasteiger partial charge in [-0.15, -0.1) is 0 Å². The zero-order valence-electron chi connectivity index (χ0n) is 23.8. The minimum absolute atomic E-state index is 0.0922. The van der Waals surface area contributed by atoms with Gasteiger partial charge >= 0.3 is 6.03 Å². The molecule has 0 bridgehead atoms. The Bertz CT molecular complexity index is 1670. The first-order valence-electron chi connectivity index (χ1n) is 14.0. The predicted octanol–water partition coefficient (Wildman–Crippen LogP) is 2.61. The number of thiazole rings is 1. The van der Waals surface area contributed by atoms with E-state index >= 15 is 0 Å². The first-order chi connectivity index (χ1) is 21.3. The van der Waals surface area contributed by atoms with Crippen LogP contribution in [0.4, 0.5) is 9.93 Å². The number of aromatic hydroxyl groups is 1. The number of hydrazine groups is 1. The lowest BCUT2D eigenvalue weighted by Crippen LogP contribution is -2.55. The third-order valence-electron chi connectivity index (χ3n) is 7.24. The Hall–Kier alpha value is -5.19. The van der Waals surface area contributed by atoms with Crippen LogP contribution in [0.1, 0.15) is 16.7 Å². The predicted molar refractivity (Wildman–Crippen MR) is 166 cm³/mol. The topological polar surface area (TPSA) is 168 Å². The highest BCUT2D eigenvalue weighted by molar-refractivity contribution is 7.22. The number of benzene rings is 3. The van der Waals surface area contributed by atoms with E-state index < -0.39 is 18.0 Å². The first-order valence-corrected chi connectivity index (χ1v) is 14.8. The van der Waals surface area contributed by atoms with E-state index in [1.807, 2.05) is 54.6 Å². The van der Waals surface area contributed by atoms with Crippen molar-refractivity contribution in [3.05, 3.63) is 89.5 Å². The van der Waals surface area contributed by atoms with E-state index in [1.54, 1.807) is 17.0 Å². The van der Waals surface area contributed by atoms with Gasteiger partial charge < -0.3 is 26.4 Å². The molecule has 1 aromatic heterocycles. The van der Waals surface area contributed by atoms with Gasteiger partial charge in [0.25, 0.3) is 0 Å². The van der Waals surface area contributed by atoms with Crippen molar-refractivity contribution >= 4 is 44.5 Å². The molecule has 0 spiro atoms. The van der Waals surface area contributed by atoms with Crippen LogP contribution in [-0.2, 0) is 29.1 Å². The number of phenolic OH excluding ortho intramolecular Hbond substituents is 1. The molecule has 0 saturated carbocycles. The van der Waals surface area contributed by atoms with Crippen LogP contribution >= 0.6 is 11.3 Å². The van der Waals surface area contributed by atoms with Gasteiger partial charge in [0.05, 0.1) is 22.8 Å². The lowest BCUT2D eigenvalue weighted by Gasteiger charge is -2.33. The van der Waals surface area contributed by atoms with Crippen molar-refractivity contribution in [1.29, 1.82) is 5.26 Å². The van der Waals surface area contributed by atoms with E-state index in [0.29, 0.717) is 10.6 Å². The summed E-state index contributed by atoms with van der Waals surface area (Å²) in [6.45, 7) is 0.155. The number of anilines is 1. The zero-order valence-corrected chi connectivity index (χ0v) is 24.7. The second kappa shape index (κ2) is 13.9. The molecule has 2 heterocycles. The van der Waals surface area contributed by atoms with Gasteiger partial charge in [-0.3, -0.25) is 9.59 Å². The Labute approximate surface area is 258 Å². The molecular formula is C31H32N8O4S. The Morgan fingerprint density at radius 1 is 1.09 bits per heavy atom. The van der Waals surface area contributed by atoms with Crippen molar-refractivity contribution < 1.29 is 19.5 Å². The average Bonchev–Trinajstić information content (AvgIpc) is 3.43. The molecule has 44 heavy (non-hydrogen) atoms. The van der Waals surface area contributed by atoms with Crippen molar-refractivity contribution in [2.45, 2.75) is 25.6 Å². The van der Waals surface area contributed by atoms with Gasteiger partial charge in [0.15, 0.2) is 5.13 Å². The second-order valence-corrected chi connectivity index (χ2v) is 11.4. The number of amides is 4. The standard InChI is InChI=1S/C31H32N8O4S/c32-13-14-39(31(43)34-18-22-5-2-1-3-6-22)38-16-15-37(19-23-7-4-8-26-28(23)36-30(33)44-26)29(42)25(35-27(41)20-38)17-21-9-11-24(40)12-10-21/h1-12,25,40H,14-20H2,(H2,33,36)(H,34,43)(H,35,41)/t25-/m0/s1. The first kappa shape index (κ1) is 30.3. The Morgan fingerprint density at radius 2 is 1.86 bits per heavy atom. The van der Waals surface area contributed by atoms with Gasteiger partial charge in [-0.1, -0.05) is 65.9 Å². The molecule has 3 aromatic carbocycles. The molecule has 0 radical (unpaired) electrons. The molecule has 1 fully saturated rings. The van der Waals surface area contributed by atoms with E-state index in [-0.39, 0.29) is 57.3 Å². The number of hydrogen-bond donors (Lipinski definition) is 4. The Balaban J connectivity index is 1.42. The molecule has 5 rings (SSSR count). The number of fused-ring (bicyclic) bond motifs is 1. The highest BCUT2D eigenvalue weighted by Gasteiger charge is 2.32. The summed E-state index contributed by atoms with van der Waals surface area (Å²) in [5, 5.41) is 28.1. The molecule has 12 nitrogen and oxygen atoms in total. The summed E-state index contributed by atoms with van der Waals surface area (Å²) in [5.74, 6) is -0.694. The molecule has 4 aromatic rings. The smallest absolute Gasteiger partial charge is 0.333 e. The lowest BCUT2D eigenvalue weighted by molar-refractivity contribution is -0.136. The fraction of sp³-hybridized carbons (Fsp3) is 0.258. The fourth-order valence-electron chi connectivity index (χ4n) is 5.07. The van der Waals surface area contributed by atoms with Crippen LogP contribution in [0.3, 0.4) is 0 Å². The highest BCUT2D eigenvalue weighted by atomic mass is 32.1. The molecule has 0 aliphatic carbocycles. The summed E-state index contributed by atoms with van der Waals surface area (Å²) >= 11 is 1.36. The maximum atomic E-state index is 14.1. The van der Waals surface area contributed by atoms with E-state index in [9.17, 15) is 24.8 Å². The molecule has 226 valence electrons. The number of urea groups is 1. The van der Waals surface area contributed by atoms with Crippen LogP contribution in [0, 0.1) is 11.3 Å². The van der Waals surface area contributed by atoms with Crippen LogP contribution in [0.5, 0.6) is 5.75 Å². The Kier molecular flexibility index (Phi) is 9.53. The number of carbonyl (C=O) groups is 3. The number of carbonyl (C=O) groups excluding carboxylic acids is 3. The maximum Gasteiger partial charge on any atom is 0.333 e. The number of nitriles is 1. The molecule has 5 N–H and O–H groups in total. The third kappa shape index (κ3) is 7.41. The third-order valence-corrected chi connectivity index (χ3v) is 8.09. The van der Waals surface area contributed by atoms with Gasteiger partial charge in [-0.05, 0) is 34.9 Å². The number of nitrogens with zero attached hydrogens (tertiary/aromatic N) is 5. The van der Waals surface area contributed by atoms with Crippen molar-refractivity contribution in [3.63, 3.8) is 0 Å². The average molecular weight is 613 g/mol. The van der Waals surface area contributed by atoms with Crippen molar-refractivity contribution in [1.82, 2.24) is 30.5 Å². The minimum Gasteiger partial charge on any atom is -0.508 e. The summed E-state index contributed by atoms with van der Waals surface area (Å²) in [4.78, 5) is 46.8. The van der Waals surface area contributed by atoms with Crippen LogP contribution in [-0.4, -0.2) is 75.1 Å². The quantitative estimate of drug-likeness (QED) is 0.220. The Morgan fingerprint density at radius 3 is 2.61 bits per heavy atom. The van der Waals surface area contributed by atoms with Crippen LogP contribution in [0.2, 0.25) is 0 Å². The summed E-state index contributed by atoms with van der Waals surface area (Å²) in [5.41, 5.74) is 9.09. The van der Waals surface area contributed by atoms with Gasteiger partial charge in [-0.25, -0.2) is 19.8 Å². The highest BCUT2D eigenvalue weighted by Crippen LogP contribution is 2.27. The van der Waals surface area contributed by atoms with E-state index in [1.165, 1.54) is 33.5 Å². The van der Waals surface area contributed by atoms with E-state index in [2.05, 4.69) is 15.6 Å². The van der Waals surface area contributed by atoms with E-state index in [4.69, 9.17) is 5.73 Å². The molecule has 1 atom stereocenters. The summed E-state index contributed by atoms with van der Waals surface area (Å²) in [7, 11) is 0. The van der Waals surface area contributed by atoms with Crippen molar-refractivity contribution in [3.8, 4) is 11.8 Å². The molecule has 13 heteroatoms. The van der Waals surface area contributed by atoms with Crippen molar-refractivity contribution in [2.75, 3.05) is 31.9 Å².